The number of hydrogen-bond acceptors (Lipinski definition) is 8. The highest BCUT2D eigenvalue weighted by Gasteiger charge is 2.48. The van der Waals surface area contributed by atoms with Gasteiger partial charge < -0.3 is 19.7 Å². The number of aryl methyl sites for hydroxylation is 1. The van der Waals surface area contributed by atoms with Crippen LogP contribution in [0.5, 0.6) is 0 Å². The molecule has 0 spiro atoms. The number of carbonyl (C=O) groups excluding carboxylic acids is 1. The summed E-state index contributed by atoms with van der Waals surface area (Å²) in [5, 5.41) is 15.1. The summed E-state index contributed by atoms with van der Waals surface area (Å²) in [4.78, 5) is 27.1. The van der Waals surface area contributed by atoms with Crippen molar-refractivity contribution in [2.45, 2.75) is 31.4 Å². The Kier molecular flexibility index (Phi) is 5.63. The van der Waals surface area contributed by atoms with Gasteiger partial charge in [-0.1, -0.05) is 35.5 Å². The number of carboxylic acids is 1. The number of nitrogens with one attached hydrogen (secondary N) is 1. The molecule has 1 saturated heterocycles. The molecule has 2 aromatic rings. The Morgan fingerprint density at radius 2 is 2.04 bits per heavy atom. The number of hydrogen-bond donors (Lipinski definition) is 2. The largest absolute Gasteiger partial charge is 0.481 e. The molecule has 11 heteroatoms. The van der Waals surface area contributed by atoms with Crippen molar-refractivity contribution in [1.82, 2.24) is 15.5 Å². The van der Waals surface area contributed by atoms with Crippen LogP contribution in [0, 0.1) is 0 Å². The van der Waals surface area contributed by atoms with E-state index in [4.69, 9.17) is 14.4 Å². The summed E-state index contributed by atoms with van der Waals surface area (Å²) in [6, 6.07) is 9.02. The molecule has 3 rings (SSSR count). The van der Waals surface area contributed by atoms with Gasteiger partial charge in [0, 0.05) is 6.42 Å². The van der Waals surface area contributed by atoms with Crippen LogP contribution >= 0.6 is 0 Å². The minimum absolute atomic E-state index is 0.00359. The fourth-order valence-electron chi connectivity index (χ4n) is 2.90. The quantitative estimate of drug-likeness (QED) is 0.683. The van der Waals surface area contributed by atoms with E-state index in [0.29, 0.717) is 0 Å². The molecular formula is C17H19N3O7S. The number of aromatic nitrogens is 2. The Bertz CT molecular complexity index is 958. The van der Waals surface area contributed by atoms with Gasteiger partial charge >= 0.3 is 12.1 Å². The lowest BCUT2D eigenvalue weighted by Gasteiger charge is -2.24. The van der Waals surface area contributed by atoms with Gasteiger partial charge in [0.1, 0.15) is 12.1 Å². The molecule has 1 aromatic carbocycles. The number of nitrogens with zero attached hydrogens (tertiary/aromatic N) is 2. The van der Waals surface area contributed by atoms with Crippen molar-refractivity contribution >= 4 is 21.9 Å². The molecular weight excluding hydrogens is 390 g/mol. The molecule has 1 unspecified atom stereocenters. The Labute approximate surface area is 160 Å². The van der Waals surface area contributed by atoms with Gasteiger partial charge in [0.25, 0.3) is 0 Å². The SMILES string of the molecule is O=C(O)CCc1nc(C2(NC(=O)OCc3ccccc3)CCS(=O)(=O)C2)no1. The van der Waals surface area contributed by atoms with E-state index in [1.54, 1.807) is 24.3 Å². The summed E-state index contributed by atoms with van der Waals surface area (Å²) in [6.07, 6.45) is -0.950. The van der Waals surface area contributed by atoms with E-state index in [0.717, 1.165) is 5.56 Å². The van der Waals surface area contributed by atoms with Crippen LogP contribution in [0.1, 0.15) is 30.1 Å². The highest BCUT2D eigenvalue weighted by atomic mass is 32.2. The summed E-state index contributed by atoms with van der Waals surface area (Å²) in [6.45, 7) is 0.0195. The maximum absolute atomic E-state index is 12.3. The molecule has 1 aliphatic rings. The molecule has 1 atom stereocenters. The maximum atomic E-state index is 12.3. The van der Waals surface area contributed by atoms with Crippen molar-refractivity contribution in [1.29, 1.82) is 0 Å². The van der Waals surface area contributed by atoms with Gasteiger partial charge in [-0.3, -0.25) is 4.79 Å². The van der Waals surface area contributed by atoms with Crippen molar-refractivity contribution in [2.75, 3.05) is 11.5 Å². The molecule has 0 saturated carbocycles. The minimum Gasteiger partial charge on any atom is -0.481 e. The van der Waals surface area contributed by atoms with Gasteiger partial charge in [0.2, 0.25) is 5.89 Å². The third-order valence-corrected chi connectivity index (χ3v) is 6.07. The monoisotopic (exact) mass is 409 g/mol. The first-order valence-corrected chi connectivity index (χ1v) is 10.3. The number of aliphatic carboxylic acids is 1. The third kappa shape index (κ3) is 4.85. The zero-order valence-corrected chi connectivity index (χ0v) is 15.6. The van der Waals surface area contributed by atoms with E-state index in [9.17, 15) is 18.0 Å². The second kappa shape index (κ2) is 7.97. The Balaban J connectivity index is 1.73. The second-order valence-electron chi connectivity index (χ2n) is 6.52. The van der Waals surface area contributed by atoms with Crippen molar-refractivity contribution < 1.29 is 32.4 Å². The molecule has 1 amide bonds. The summed E-state index contributed by atoms with van der Waals surface area (Å²) in [5.41, 5.74) is -0.598. The zero-order valence-electron chi connectivity index (χ0n) is 14.8. The standard InChI is InChI=1S/C17H19N3O7S/c21-14(22)7-6-13-18-15(20-27-13)17(8-9-28(24,25)11-17)19-16(23)26-10-12-4-2-1-3-5-12/h1-5H,6-11H2,(H,19,23)(H,21,22). The fraction of sp³-hybridized carbons (Fsp3) is 0.412. The predicted molar refractivity (Wildman–Crippen MR) is 95.0 cm³/mol. The first-order chi connectivity index (χ1) is 13.3. The average Bonchev–Trinajstić information content (AvgIpc) is 3.24. The molecule has 1 fully saturated rings. The molecule has 0 bridgehead atoms. The smallest absolute Gasteiger partial charge is 0.408 e. The second-order valence-corrected chi connectivity index (χ2v) is 8.70. The molecule has 1 aliphatic heterocycles. The van der Waals surface area contributed by atoms with Crippen LogP contribution in [-0.4, -0.2) is 47.2 Å². The van der Waals surface area contributed by atoms with Gasteiger partial charge in [-0.25, -0.2) is 13.2 Å². The van der Waals surface area contributed by atoms with Crippen LogP contribution in [0.15, 0.2) is 34.9 Å². The number of ether oxygens (including phenoxy) is 1. The van der Waals surface area contributed by atoms with E-state index in [1.165, 1.54) is 0 Å². The first kappa shape index (κ1) is 19.8. The predicted octanol–water partition coefficient (Wildman–Crippen LogP) is 1.03. The van der Waals surface area contributed by atoms with Crippen LogP contribution in [0.3, 0.4) is 0 Å². The van der Waals surface area contributed by atoms with Gasteiger partial charge in [-0.15, -0.1) is 0 Å². The van der Waals surface area contributed by atoms with Crippen molar-refractivity contribution in [3.63, 3.8) is 0 Å². The molecule has 150 valence electrons. The van der Waals surface area contributed by atoms with Gasteiger partial charge in [-0.2, -0.15) is 4.98 Å². The van der Waals surface area contributed by atoms with Crippen molar-refractivity contribution in [3.8, 4) is 0 Å². The Morgan fingerprint density at radius 1 is 1.29 bits per heavy atom. The number of alkyl carbamates (subject to hydrolysis) is 1. The molecule has 28 heavy (non-hydrogen) atoms. The van der Waals surface area contributed by atoms with Crippen molar-refractivity contribution in [3.05, 3.63) is 47.6 Å². The highest BCUT2D eigenvalue weighted by molar-refractivity contribution is 7.91. The maximum Gasteiger partial charge on any atom is 0.408 e. The minimum atomic E-state index is -3.42. The van der Waals surface area contributed by atoms with Gasteiger partial charge in [0.15, 0.2) is 15.7 Å². The van der Waals surface area contributed by atoms with E-state index in [1.807, 2.05) is 6.07 Å². The summed E-state index contributed by atoms with van der Waals surface area (Å²) >= 11 is 0. The number of rotatable bonds is 7. The molecule has 0 radical (unpaired) electrons. The highest BCUT2D eigenvalue weighted by Crippen LogP contribution is 2.32. The third-order valence-electron chi connectivity index (χ3n) is 4.31. The molecule has 1 aromatic heterocycles. The zero-order chi connectivity index (χ0) is 20.2. The number of sulfone groups is 1. The summed E-state index contributed by atoms with van der Waals surface area (Å²) in [7, 11) is -3.42. The van der Waals surface area contributed by atoms with E-state index in [2.05, 4.69) is 15.5 Å². The van der Waals surface area contributed by atoms with Gasteiger partial charge in [-0.05, 0) is 12.0 Å². The molecule has 2 N–H and O–H groups in total. The van der Waals surface area contributed by atoms with E-state index < -0.39 is 33.2 Å². The normalized spacial score (nSPS) is 20.6. The summed E-state index contributed by atoms with van der Waals surface area (Å²) < 4.78 is 34.3. The Morgan fingerprint density at radius 3 is 2.68 bits per heavy atom. The van der Waals surface area contributed by atoms with Crippen LogP contribution < -0.4 is 5.32 Å². The Hall–Kier alpha value is -2.95. The number of carbonyl (C=O) groups is 2. The average molecular weight is 409 g/mol. The molecule has 0 aliphatic carbocycles. The fourth-order valence-corrected chi connectivity index (χ4v) is 4.80. The summed E-state index contributed by atoms with van der Waals surface area (Å²) in [5.74, 6) is -1.52. The number of carboxylic acid groups (broad SMARTS) is 1. The molecule has 2 heterocycles. The first-order valence-electron chi connectivity index (χ1n) is 8.52. The topological polar surface area (TPSA) is 149 Å². The lowest BCUT2D eigenvalue weighted by Crippen LogP contribution is -2.48. The molecule has 10 nitrogen and oxygen atoms in total. The lowest BCUT2D eigenvalue weighted by atomic mass is 9.98. The number of amides is 1. The number of benzene rings is 1. The van der Waals surface area contributed by atoms with E-state index in [-0.39, 0.29) is 43.3 Å². The van der Waals surface area contributed by atoms with Crippen LogP contribution in [0.25, 0.3) is 0 Å². The van der Waals surface area contributed by atoms with Crippen molar-refractivity contribution in [2.24, 2.45) is 0 Å². The van der Waals surface area contributed by atoms with Crippen LogP contribution in [0.4, 0.5) is 4.79 Å². The van der Waals surface area contributed by atoms with Gasteiger partial charge in [0.05, 0.1) is 17.9 Å². The van der Waals surface area contributed by atoms with Crippen LogP contribution in [-0.2, 0) is 37.9 Å². The van der Waals surface area contributed by atoms with Crippen LogP contribution in [0.2, 0.25) is 0 Å². The van der Waals surface area contributed by atoms with E-state index >= 15 is 0 Å². The lowest BCUT2D eigenvalue weighted by molar-refractivity contribution is -0.137.